The number of halogens is 1. The number of carbonyl (C=O) groups excluding carboxylic acids is 2. The smallest absolute Gasteiger partial charge is 0.410 e. The molecule has 1 aromatic carbocycles. The van der Waals surface area contributed by atoms with Crippen molar-refractivity contribution in [2.24, 2.45) is 0 Å². The minimum atomic E-state index is -0.546. The minimum absolute atomic E-state index is 0.0211. The van der Waals surface area contributed by atoms with Gasteiger partial charge in [-0.15, -0.1) is 0 Å². The van der Waals surface area contributed by atoms with Crippen molar-refractivity contribution in [3.05, 3.63) is 53.9 Å². The number of fused-ring (bicyclic) bond motifs is 1. The second-order valence-electron chi connectivity index (χ2n) is 11.4. The second-order valence-corrected chi connectivity index (χ2v) is 11.4. The number of benzene rings is 1. The highest BCUT2D eigenvalue weighted by molar-refractivity contribution is 6.03. The Kier molecular flexibility index (Phi) is 8.18. The summed E-state index contributed by atoms with van der Waals surface area (Å²) in [4.78, 5) is 36.6. The molecular formula is C30H40FN5O3. The molecule has 0 aliphatic carbocycles. The highest BCUT2D eigenvalue weighted by atomic mass is 19.1. The molecular weight excluding hydrogens is 497 g/mol. The van der Waals surface area contributed by atoms with Gasteiger partial charge in [0, 0.05) is 50.5 Å². The quantitative estimate of drug-likeness (QED) is 0.414. The van der Waals surface area contributed by atoms with E-state index in [1.807, 2.05) is 59.1 Å². The Hall–Kier alpha value is -3.62. The number of pyridine rings is 1. The first-order chi connectivity index (χ1) is 18.4. The number of ether oxygens (including phenoxy) is 1. The summed E-state index contributed by atoms with van der Waals surface area (Å²) in [5.41, 5.74) is 3.05. The van der Waals surface area contributed by atoms with Crippen molar-refractivity contribution in [3.63, 3.8) is 0 Å². The summed E-state index contributed by atoms with van der Waals surface area (Å²) in [6.07, 6.45) is 4.32. The molecule has 2 aromatic heterocycles. The molecule has 0 saturated carbocycles. The van der Waals surface area contributed by atoms with E-state index in [9.17, 15) is 14.0 Å². The van der Waals surface area contributed by atoms with Crippen molar-refractivity contribution in [1.29, 1.82) is 0 Å². The summed E-state index contributed by atoms with van der Waals surface area (Å²) in [7, 11) is 0. The van der Waals surface area contributed by atoms with Gasteiger partial charge in [-0.1, -0.05) is 6.07 Å². The summed E-state index contributed by atoms with van der Waals surface area (Å²) >= 11 is 0. The molecule has 0 atom stereocenters. The molecule has 3 aromatic rings. The van der Waals surface area contributed by atoms with Crippen LogP contribution in [0.15, 0.2) is 36.7 Å². The van der Waals surface area contributed by atoms with Gasteiger partial charge in [-0.3, -0.25) is 4.79 Å². The molecule has 1 saturated heterocycles. The molecule has 9 heteroatoms. The summed E-state index contributed by atoms with van der Waals surface area (Å²) in [6, 6.07) is 6.45. The number of anilines is 1. The Labute approximate surface area is 230 Å². The zero-order chi connectivity index (χ0) is 28.5. The van der Waals surface area contributed by atoms with Crippen LogP contribution in [-0.4, -0.2) is 75.6 Å². The molecule has 0 spiro atoms. The van der Waals surface area contributed by atoms with Crippen LogP contribution < -0.4 is 4.90 Å². The Balaban J connectivity index is 1.75. The topological polar surface area (TPSA) is 70.4 Å². The summed E-state index contributed by atoms with van der Waals surface area (Å²) in [5, 5.41) is 0. The van der Waals surface area contributed by atoms with Gasteiger partial charge in [0.25, 0.3) is 5.91 Å². The van der Waals surface area contributed by atoms with E-state index in [1.165, 1.54) is 12.1 Å². The maximum atomic E-state index is 14.5. The number of aromatic nitrogens is 2. The van der Waals surface area contributed by atoms with Crippen LogP contribution in [0.3, 0.4) is 0 Å². The predicted octanol–water partition coefficient (Wildman–Crippen LogP) is 5.77. The molecule has 0 radical (unpaired) electrons. The minimum Gasteiger partial charge on any atom is -0.444 e. The highest BCUT2D eigenvalue weighted by Crippen LogP contribution is 2.34. The van der Waals surface area contributed by atoms with Gasteiger partial charge in [0.2, 0.25) is 0 Å². The van der Waals surface area contributed by atoms with E-state index < -0.39 is 11.4 Å². The number of aryl methyl sites for hydroxylation is 1. The summed E-state index contributed by atoms with van der Waals surface area (Å²) < 4.78 is 22.1. The number of imidazole rings is 1. The molecule has 0 N–H and O–H groups in total. The van der Waals surface area contributed by atoms with E-state index in [-0.39, 0.29) is 18.0 Å². The van der Waals surface area contributed by atoms with Gasteiger partial charge in [0.15, 0.2) is 0 Å². The number of carbonyl (C=O) groups is 2. The fourth-order valence-electron chi connectivity index (χ4n) is 5.11. The molecule has 0 unspecified atom stereocenters. The van der Waals surface area contributed by atoms with Crippen molar-refractivity contribution >= 4 is 23.2 Å². The van der Waals surface area contributed by atoms with Gasteiger partial charge in [-0.05, 0) is 78.6 Å². The van der Waals surface area contributed by atoms with E-state index in [4.69, 9.17) is 4.74 Å². The average molecular weight is 538 g/mol. The fourth-order valence-corrected chi connectivity index (χ4v) is 5.11. The van der Waals surface area contributed by atoms with Crippen LogP contribution in [0.25, 0.3) is 16.6 Å². The zero-order valence-electron chi connectivity index (χ0n) is 24.1. The molecule has 4 rings (SSSR count). The third kappa shape index (κ3) is 6.18. The lowest BCUT2D eigenvalue weighted by Crippen LogP contribution is -2.39. The molecule has 39 heavy (non-hydrogen) atoms. The van der Waals surface area contributed by atoms with Gasteiger partial charge >= 0.3 is 6.09 Å². The fraction of sp³-hybridized carbons (Fsp3) is 0.500. The zero-order valence-corrected chi connectivity index (χ0v) is 24.1. The molecule has 2 amide bonds. The van der Waals surface area contributed by atoms with Gasteiger partial charge in [-0.25, -0.2) is 14.2 Å². The van der Waals surface area contributed by atoms with Crippen molar-refractivity contribution < 1.29 is 18.7 Å². The summed E-state index contributed by atoms with van der Waals surface area (Å²) in [6.45, 7) is 16.4. The Morgan fingerprint density at radius 2 is 1.85 bits per heavy atom. The second kappa shape index (κ2) is 11.2. The summed E-state index contributed by atoms with van der Waals surface area (Å²) in [5.74, 6) is 0.156. The van der Waals surface area contributed by atoms with Crippen LogP contribution in [0.1, 0.15) is 64.1 Å². The first-order valence-corrected chi connectivity index (χ1v) is 13.7. The van der Waals surface area contributed by atoms with E-state index in [0.29, 0.717) is 37.3 Å². The third-order valence-electron chi connectivity index (χ3n) is 7.05. The van der Waals surface area contributed by atoms with E-state index in [0.717, 1.165) is 35.6 Å². The lowest BCUT2D eigenvalue weighted by molar-refractivity contribution is 0.0263. The molecule has 8 nitrogen and oxygen atoms in total. The van der Waals surface area contributed by atoms with Gasteiger partial charge in [0.1, 0.15) is 17.2 Å². The van der Waals surface area contributed by atoms with Crippen molar-refractivity contribution in [2.75, 3.05) is 37.6 Å². The molecule has 1 aliphatic heterocycles. The number of nitrogens with zero attached hydrogens (tertiary/aromatic N) is 5. The van der Waals surface area contributed by atoms with Crippen LogP contribution >= 0.6 is 0 Å². The maximum absolute atomic E-state index is 14.5. The highest BCUT2D eigenvalue weighted by Gasteiger charge is 2.26. The third-order valence-corrected chi connectivity index (χ3v) is 7.05. The molecule has 1 aliphatic rings. The monoisotopic (exact) mass is 537 g/mol. The van der Waals surface area contributed by atoms with E-state index in [1.54, 1.807) is 22.1 Å². The van der Waals surface area contributed by atoms with Gasteiger partial charge in [0.05, 0.1) is 23.0 Å². The van der Waals surface area contributed by atoms with Crippen LogP contribution in [0.2, 0.25) is 0 Å². The molecule has 0 bridgehead atoms. The van der Waals surface area contributed by atoms with Crippen LogP contribution in [-0.2, 0) is 4.74 Å². The number of hydrogen-bond acceptors (Lipinski definition) is 5. The van der Waals surface area contributed by atoms with Gasteiger partial charge in [-0.2, -0.15) is 0 Å². The molecule has 3 heterocycles. The first kappa shape index (κ1) is 28.4. The van der Waals surface area contributed by atoms with Crippen molar-refractivity contribution in [3.8, 4) is 11.1 Å². The number of amides is 2. The number of rotatable bonds is 5. The van der Waals surface area contributed by atoms with Crippen molar-refractivity contribution in [2.45, 2.75) is 66.5 Å². The van der Waals surface area contributed by atoms with E-state index >= 15 is 0 Å². The normalized spacial score (nSPS) is 14.6. The van der Waals surface area contributed by atoms with Crippen molar-refractivity contribution in [1.82, 2.24) is 19.2 Å². The van der Waals surface area contributed by atoms with Gasteiger partial charge < -0.3 is 23.8 Å². The Morgan fingerprint density at radius 1 is 1.10 bits per heavy atom. The Bertz CT molecular complexity index is 1360. The number of hydrogen-bond donors (Lipinski definition) is 0. The van der Waals surface area contributed by atoms with Crippen LogP contribution in [0.4, 0.5) is 14.9 Å². The molecule has 210 valence electrons. The molecule has 1 fully saturated rings. The standard InChI is InChI=1S/C30H40FN5O3/c1-8-35(20(2)3)28(37)26-16-22(31)10-11-24(26)25-17-23(19-36-21(4)32-18-27(25)36)33-12-9-13-34(15-14-33)29(38)39-30(5,6)7/h10-11,16-20H,8-9,12-15H2,1-7H3. The lowest BCUT2D eigenvalue weighted by Gasteiger charge is -2.28. The van der Waals surface area contributed by atoms with Crippen LogP contribution in [0, 0.1) is 12.7 Å². The lowest BCUT2D eigenvalue weighted by atomic mass is 9.97. The van der Waals surface area contributed by atoms with Crippen LogP contribution in [0.5, 0.6) is 0 Å². The van der Waals surface area contributed by atoms with E-state index in [2.05, 4.69) is 16.0 Å². The first-order valence-electron chi connectivity index (χ1n) is 13.7. The Morgan fingerprint density at radius 3 is 2.51 bits per heavy atom. The largest absolute Gasteiger partial charge is 0.444 e. The maximum Gasteiger partial charge on any atom is 0.410 e. The SMILES string of the molecule is CCN(C(=O)c1cc(F)ccc1-c1cc(N2CCCN(C(=O)OC(C)(C)C)CC2)cn2c(C)ncc12)C(C)C. The average Bonchev–Trinajstić information content (AvgIpc) is 3.07. The predicted molar refractivity (Wildman–Crippen MR) is 152 cm³/mol.